The maximum atomic E-state index is 6.96. The molecule has 4 aromatic heterocycles. The first kappa shape index (κ1) is 40.8. The molecule has 2 unspecified atom stereocenters. The molecule has 13 aromatic rings. The highest BCUT2D eigenvalue weighted by Gasteiger charge is 2.26. The van der Waals surface area contributed by atoms with Crippen molar-refractivity contribution in [3.8, 4) is 56.4 Å². The van der Waals surface area contributed by atoms with Crippen LogP contribution in [0.5, 0.6) is 0 Å². The molecule has 0 saturated carbocycles. The number of hydrogen-bond acceptors (Lipinski definition) is 6. The monoisotopic (exact) mass is 945 g/mol. The molecule has 0 fully saturated rings. The quantitative estimate of drug-likeness (QED) is 0.172. The van der Waals surface area contributed by atoms with Gasteiger partial charge in [0.05, 0.1) is 0 Å². The molecule has 336 valence electrons. The minimum Gasteiger partial charge on any atom is -0.455 e. The molecule has 71 heavy (non-hydrogen) atoms. The lowest BCUT2D eigenvalue weighted by Crippen LogP contribution is -2.05. The second-order valence-electron chi connectivity index (χ2n) is 19.4. The van der Waals surface area contributed by atoms with Gasteiger partial charge in [-0.1, -0.05) is 159 Å². The van der Waals surface area contributed by atoms with E-state index in [1.54, 1.807) is 0 Å². The Hall–Kier alpha value is -8.03. The molecule has 2 aliphatic carbocycles. The summed E-state index contributed by atoms with van der Waals surface area (Å²) in [7, 11) is 0. The van der Waals surface area contributed by atoms with Gasteiger partial charge in [0.25, 0.3) is 0 Å². The van der Waals surface area contributed by atoms with E-state index in [-0.39, 0.29) is 0 Å². The van der Waals surface area contributed by atoms with E-state index in [1.807, 2.05) is 22.7 Å². The van der Waals surface area contributed by atoms with Crippen LogP contribution in [0, 0.1) is 5.92 Å². The SMILES string of the molecule is CC1C=Cc2sc3c(-c4nc(-c5cccc6c(-c7ccc(-c8cccc9sc%10ccccc%10c89)c8oc9ccccc9c78)cccc56)nc(-c5cc6c(c7ccccc57)C=CCC6C)n4)cccc3c2C1. The molecule has 2 atom stereocenters. The summed E-state index contributed by atoms with van der Waals surface area (Å²) in [6.07, 6.45) is 11.3. The van der Waals surface area contributed by atoms with E-state index in [2.05, 4.69) is 202 Å². The number of fused-ring (bicyclic) bond motifs is 13. The average molecular weight is 946 g/mol. The van der Waals surface area contributed by atoms with E-state index < -0.39 is 0 Å². The smallest absolute Gasteiger partial charge is 0.165 e. The van der Waals surface area contributed by atoms with E-state index >= 15 is 0 Å². The molecule has 0 aliphatic heterocycles. The first-order valence-electron chi connectivity index (χ1n) is 24.6. The number of rotatable bonds is 5. The molecule has 4 heterocycles. The Morgan fingerprint density at radius 2 is 1.08 bits per heavy atom. The van der Waals surface area contributed by atoms with Crippen molar-refractivity contribution in [3.05, 3.63) is 198 Å². The zero-order valence-corrected chi connectivity index (χ0v) is 40.7. The Kier molecular flexibility index (Phi) is 9.05. The van der Waals surface area contributed by atoms with Crippen molar-refractivity contribution >= 4 is 109 Å². The molecular weight excluding hydrogens is 903 g/mol. The van der Waals surface area contributed by atoms with Crippen LogP contribution in [0.3, 0.4) is 0 Å². The third-order valence-electron chi connectivity index (χ3n) is 15.2. The van der Waals surface area contributed by atoms with Crippen LogP contribution in [0.2, 0.25) is 0 Å². The molecule has 0 N–H and O–H groups in total. The maximum absolute atomic E-state index is 6.96. The Morgan fingerprint density at radius 3 is 1.94 bits per heavy atom. The van der Waals surface area contributed by atoms with Gasteiger partial charge >= 0.3 is 0 Å². The fourth-order valence-corrected chi connectivity index (χ4v) is 14.2. The lowest BCUT2D eigenvalue weighted by atomic mass is 9.83. The largest absolute Gasteiger partial charge is 0.455 e. The Labute approximate surface area is 417 Å². The van der Waals surface area contributed by atoms with E-state index in [0.29, 0.717) is 29.3 Å². The Bertz CT molecular complexity index is 4470. The van der Waals surface area contributed by atoms with Gasteiger partial charge in [-0.3, -0.25) is 0 Å². The van der Waals surface area contributed by atoms with Gasteiger partial charge in [-0.25, -0.2) is 15.0 Å². The number of nitrogens with zero attached hydrogens (tertiary/aromatic N) is 3. The highest BCUT2D eigenvalue weighted by molar-refractivity contribution is 7.26. The number of thiophene rings is 2. The second-order valence-corrected chi connectivity index (χ2v) is 21.6. The van der Waals surface area contributed by atoms with Crippen molar-refractivity contribution < 1.29 is 4.42 Å². The third kappa shape index (κ3) is 6.24. The summed E-state index contributed by atoms with van der Waals surface area (Å²) in [5.41, 5.74) is 13.4. The van der Waals surface area contributed by atoms with Crippen LogP contribution < -0.4 is 0 Å². The summed E-state index contributed by atoms with van der Waals surface area (Å²) >= 11 is 3.69. The predicted molar refractivity (Wildman–Crippen MR) is 302 cm³/mol. The van der Waals surface area contributed by atoms with Gasteiger partial charge in [0.1, 0.15) is 11.2 Å². The van der Waals surface area contributed by atoms with E-state index in [0.717, 1.165) is 84.3 Å². The lowest BCUT2D eigenvalue weighted by molar-refractivity contribution is 0.670. The summed E-state index contributed by atoms with van der Waals surface area (Å²) in [6.45, 7) is 4.63. The summed E-state index contributed by atoms with van der Waals surface area (Å²) in [6, 6.07) is 59.5. The summed E-state index contributed by atoms with van der Waals surface area (Å²) < 4.78 is 10.7. The summed E-state index contributed by atoms with van der Waals surface area (Å²) in [5.74, 6) is 2.88. The molecule has 9 aromatic carbocycles. The van der Waals surface area contributed by atoms with Crippen LogP contribution in [0.1, 0.15) is 47.8 Å². The summed E-state index contributed by atoms with van der Waals surface area (Å²) in [5, 5.41) is 10.6. The number of para-hydroxylation sites is 1. The van der Waals surface area contributed by atoms with Crippen molar-refractivity contribution in [2.24, 2.45) is 5.92 Å². The van der Waals surface area contributed by atoms with Crippen molar-refractivity contribution in [2.75, 3.05) is 0 Å². The first-order valence-corrected chi connectivity index (χ1v) is 26.2. The molecule has 0 bridgehead atoms. The van der Waals surface area contributed by atoms with Gasteiger partial charge in [-0.15, -0.1) is 22.7 Å². The molecule has 0 spiro atoms. The topological polar surface area (TPSA) is 51.8 Å². The van der Waals surface area contributed by atoms with Crippen LogP contribution >= 0.6 is 22.7 Å². The van der Waals surface area contributed by atoms with Gasteiger partial charge < -0.3 is 4.42 Å². The zero-order valence-electron chi connectivity index (χ0n) is 39.0. The van der Waals surface area contributed by atoms with Crippen molar-refractivity contribution in [3.63, 3.8) is 0 Å². The second kappa shape index (κ2) is 15.7. The molecule has 0 amide bonds. The van der Waals surface area contributed by atoms with Gasteiger partial charge in [0, 0.05) is 62.8 Å². The van der Waals surface area contributed by atoms with Crippen LogP contribution in [0.25, 0.3) is 142 Å². The standard InChI is InChI=1S/C65H43N3OS2/c1-36-30-33-57-53(34-36)47-24-12-26-51(62(47)71-57)64-66-63(67-65(68-64)54-35-52-37(2)14-9-19-42(52)38-15-3-4-16-43(38)54)48-25-11-20-39-40(21-10-22-41(39)48)45-31-32-46(61-60(45)49-17-5-7-27-55(49)69-61)44-23-13-29-58-59(44)50-18-6-8-28-56(50)70-58/h3-13,15-33,35-37H,14,34H2,1-2H3. The van der Waals surface area contributed by atoms with Crippen LogP contribution in [0.4, 0.5) is 0 Å². The minimum atomic E-state index is 0.370. The summed E-state index contributed by atoms with van der Waals surface area (Å²) in [4.78, 5) is 17.9. The van der Waals surface area contributed by atoms with Crippen molar-refractivity contribution in [1.29, 1.82) is 0 Å². The Morgan fingerprint density at radius 1 is 0.479 bits per heavy atom. The average Bonchev–Trinajstić information content (AvgIpc) is 4.12. The predicted octanol–water partition coefficient (Wildman–Crippen LogP) is 18.7. The zero-order chi connectivity index (χ0) is 46.9. The number of aromatic nitrogens is 3. The lowest BCUT2D eigenvalue weighted by Gasteiger charge is -2.22. The van der Waals surface area contributed by atoms with Gasteiger partial charge in [-0.2, -0.15) is 0 Å². The van der Waals surface area contributed by atoms with Gasteiger partial charge in [0.2, 0.25) is 0 Å². The van der Waals surface area contributed by atoms with E-state index in [9.17, 15) is 0 Å². The fourth-order valence-electron chi connectivity index (χ4n) is 11.8. The highest BCUT2D eigenvalue weighted by Crippen LogP contribution is 2.49. The number of hydrogen-bond donors (Lipinski definition) is 0. The molecule has 0 radical (unpaired) electrons. The highest BCUT2D eigenvalue weighted by atomic mass is 32.1. The molecule has 0 saturated heterocycles. The Balaban J connectivity index is 0.966. The third-order valence-corrected chi connectivity index (χ3v) is 17.5. The van der Waals surface area contributed by atoms with Crippen LogP contribution in [-0.4, -0.2) is 15.0 Å². The minimum absolute atomic E-state index is 0.370. The number of furan rings is 1. The van der Waals surface area contributed by atoms with Crippen LogP contribution in [0.15, 0.2) is 180 Å². The van der Waals surface area contributed by atoms with Crippen molar-refractivity contribution in [1.82, 2.24) is 15.0 Å². The van der Waals surface area contributed by atoms with Gasteiger partial charge in [0.15, 0.2) is 17.5 Å². The molecule has 6 heteroatoms. The normalized spacial score (nSPS) is 15.5. The number of allylic oxidation sites excluding steroid dienone is 2. The van der Waals surface area contributed by atoms with Crippen molar-refractivity contribution in [2.45, 2.75) is 32.6 Å². The van der Waals surface area contributed by atoms with E-state index in [1.165, 1.54) is 62.8 Å². The van der Waals surface area contributed by atoms with Crippen LogP contribution in [-0.2, 0) is 6.42 Å². The molecule has 2 aliphatic rings. The van der Waals surface area contributed by atoms with Gasteiger partial charge in [-0.05, 0) is 127 Å². The first-order chi connectivity index (χ1) is 35.0. The number of benzene rings is 9. The maximum Gasteiger partial charge on any atom is 0.165 e. The molecular formula is C65H43N3OS2. The molecule has 4 nitrogen and oxygen atoms in total. The molecule has 15 rings (SSSR count). The van der Waals surface area contributed by atoms with E-state index in [4.69, 9.17) is 19.4 Å². The fraction of sp³-hybridized carbons (Fsp3) is 0.0923.